The van der Waals surface area contributed by atoms with Crippen molar-refractivity contribution in [1.82, 2.24) is 0 Å². The Labute approximate surface area is 148 Å². The summed E-state index contributed by atoms with van der Waals surface area (Å²) in [5.41, 5.74) is -3.44. The zero-order valence-corrected chi connectivity index (χ0v) is 13.2. The number of alkyl halides is 6. The van der Waals surface area contributed by atoms with Crippen LogP contribution in [0, 0.1) is 0 Å². The van der Waals surface area contributed by atoms with Gasteiger partial charge in [-0.15, -0.1) is 0 Å². The summed E-state index contributed by atoms with van der Waals surface area (Å²) in [6, 6.07) is 5.09. The molecule has 0 saturated heterocycles. The number of hydrogen-bond donors (Lipinski definition) is 1. The molecule has 0 fully saturated rings. The Balaban J connectivity index is 2.22. The Morgan fingerprint density at radius 3 is 2.00 bits per heavy atom. The van der Waals surface area contributed by atoms with Crippen molar-refractivity contribution in [2.75, 3.05) is 6.61 Å². The molecule has 0 aliphatic heterocycles. The van der Waals surface area contributed by atoms with Crippen LogP contribution < -0.4 is 4.74 Å². The van der Waals surface area contributed by atoms with Crippen LogP contribution in [0.2, 0.25) is 0 Å². The van der Waals surface area contributed by atoms with Gasteiger partial charge < -0.3 is 9.84 Å². The second kappa shape index (κ2) is 7.29. The van der Waals surface area contributed by atoms with Crippen LogP contribution in [0.5, 0.6) is 5.75 Å². The van der Waals surface area contributed by atoms with Gasteiger partial charge in [0.05, 0.1) is 16.7 Å². The molecule has 2 rings (SSSR count). The number of carboxylic acid groups (broad SMARTS) is 1. The Hall–Kier alpha value is -3.04. The van der Waals surface area contributed by atoms with Crippen molar-refractivity contribution in [3.8, 4) is 5.75 Å². The first-order valence-corrected chi connectivity index (χ1v) is 7.17. The first-order valence-electron chi connectivity index (χ1n) is 7.17. The van der Waals surface area contributed by atoms with Crippen LogP contribution >= 0.6 is 0 Å². The van der Waals surface area contributed by atoms with Crippen LogP contribution in [-0.4, -0.2) is 23.5 Å². The van der Waals surface area contributed by atoms with E-state index < -0.39 is 53.2 Å². The number of hydrogen-bond acceptors (Lipinski definition) is 3. The lowest BCUT2D eigenvalue weighted by molar-refractivity contribution is -0.138. The van der Waals surface area contributed by atoms with Gasteiger partial charge in [-0.25, -0.2) is 4.79 Å². The Morgan fingerprint density at radius 1 is 0.852 bits per heavy atom. The molecule has 0 unspecified atom stereocenters. The molecule has 0 spiro atoms. The highest BCUT2D eigenvalue weighted by molar-refractivity contribution is 5.97. The Kier molecular flexibility index (Phi) is 5.48. The van der Waals surface area contributed by atoms with E-state index in [1.807, 2.05) is 0 Å². The summed E-state index contributed by atoms with van der Waals surface area (Å²) in [7, 11) is 0. The maximum atomic E-state index is 12.8. The van der Waals surface area contributed by atoms with Crippen LogP contribution in [0.3, 0.4) is 0 Å². The molecular formula is C17H10F6O4. The zero-order chi connectivity index (χ0) is 20.4. The number of halogens is 6. The van der Waals surface area contributed by atoms with Gasteiger partial charge in [0, 0.05) is 5.56 Å². The molecule has 0 aliphatic carbocycles. The fraction of sp³-hybridized carbons (Fsp3) is 0.176. The highest BCUT2D eigenvalue weighted by atomic mass is 19.4. The van der Waals surface area contributed by atoms with Gasteiger partial charge in [-0.2, -0.15) is 26.3 Å². The van der Waals surface area contributed by atoms with E-state index in [2.05, 4.69) is 0 Å². The Bertz CT molecular complexity index is 870. The number of aromatic carboxylic acids is 1. The van der Waals surface area contributed by atoms with Crippen molar-refractivity contribution in [1.29, 1.82) is 0 Å². The van der Waals surface area contributed by atoms with E-state index in [4.69, 9.17) is 9.84 Å². The van der Waals surface area contributed by atoms with E-state index in [9.17, 15) is 35.9 Å². The number of Topliss-reactive ketones (excluding diaryl/α,β-unsaturated/α-hetero) is 1. The Morgan fingerprint density at radius 2 is 1.44 bits per heavy atom. The van der Waals surface area contributed by atoms with E-state index in [0.29, 0.717) is 18.2 Å². The third-order valence-corrected chi connectivity index (χ3v) is 3.36. The van der Waals surface area contributed by atoms with Crippen LogP contribution in [0.25, 0.3) is 0 Å². The lowest BCUT2D eigenvalue weighted by atomic mass is 10.1. The normalized spacial score (nSPS) is 11.9. The fourth-order valence-corrected chi connectivity index (χ4v) is 2.07. The molecule has 0 saturated carbocycles. The molecule has 0 bridgehead atoms. The van der Waals surface area contributed by atoms with E-state index >= 15 is 0 Å². The molecule has 27 heavy (non-hydrogen) atoms. The second-order valence-corrected chi connectivity index (χ2v) is 5.34. The van der Waals surface area contributed by atoms with Gasteiger partial charge in [0.25, 0.3) is 0 Å². The topological polar surface area (TPSA) is 63.6 Å². The third kappa shape index (κ3) is 5.22. The summed E-state index contributed by atoms with van der Waals surface area (Å²) in [4.78, 5) is 22.9. The summed E-state index contributed by atoms with van der Waals surface area (Å²) < 4.78 is 81.3. The second-order valence-electron chi connectivity index (χ2n) is 5.34. The van der Waals surface area contributed by atoms with Gasteiger partial charge in [-0.1, -0.05) is 12.1 Å². The molecule has 0 radical (unpaired) electrons. The lowest BCUT2D eigenvalue weighted by Gasteiger charge is -2.12. The predicted molar refractivity (Wildman–Crippen MR) is 79.7 cm³/mol. The van der Waals surface area contributed by atoms with Crippen LogP contribution in [-0.2, 0) is 12.4 Å². The van der Waals surface area contributed by atoms with E-state index in [1.165, 1.54) is 0 Å². The molecule has 0 aliphatic rings. The SMILES string of the molecule is O=C(O)c1cc(OCC(=O)c2cccc(C(F)(F)F)c2)cc(C(F)(F)F)c1. The summed E-state index contributed by atoms with van der Waals surface area (Å²) in [5, 5.41) is 8.87. The van der Waals surface area contributed by atoms with E-state index in [1.54, 1.807) is 0 Å². The van der Waals surface area contributed by atoms with Crippen molar-refractivity contribution in [3.05, 3.63) is 64.7 Å². The summed E-state index contributed by atoms with van der Waals surface area (Å²) in [6.45, 7) is -0.873. The fourth-order valence-electron chi connectivity index (χ4n) is 2.07. The number of ether oxygens (including phenoxy) is 1. The minimum Gasteiger partial charge on any atom is -0.485 e. The van der Waals surface area contributed by atoms with Crippen molar-refractivity contribution in [2.45, 2.75) is 12.4 Å². The standard InChI is InChI=1S/C17H10F6O4/c18-16(19,20)11-3-1-2-9(4-11)14(24)8-27-13-6-10(15(25)26)5-12(7-13)17(21,22)23/h1-7H,8H2,(H,25,26). The van der Waals surface area contributed by atoms with Gasteiger partial charge in [-0.3, -0.25) is 4.79 Å². The van der Waals surface area contributed by atoms with Crippen LogP contribution in [0.15, 0.2) is 42.5 Å². The quantitative estimate of drug-likeness (QED) is 0.593. The molecule has 2 aromatic carbocycles. The number of carbonyl (C=O) groups is 2. The average molecular weight is 392 g/mol. The molecule has 144 valence electrons. The van der Waals surface area contributed by atoms with Crippen LogP contribution in [0.1, 0.15) is 31.8 Å². The molecule has 1 N–H and O–H groups in total. The minimum atomic E-state index is -4.85. The first-order chi connectivity index (χ1) is 12.4. The maximum absolute atomic E-state index is 12.8. The molecule has 0 aromatic heterocycles. The van der Waals surface area contributed by atoms with E-state index in [0.717, 1.165) is 24.3 Å². The number of benzene rings is 2. The van der Waals surface area contributed by atoms with E-state index in [-0.39, 0.29) is 5.56 Å². The van der Waals surface area contributed by atoms with Crippen molar-refractivity contribution in [3.63, 3.8) is 0 Å². The van der Waals surface area contributed by atoms with Gasteiger partial charge in [-0.05, 0) is 30.3 Å². The largest absolute Gasteiger partial charge is 0.485 e. The smallest absolute Gasteiger partial charge is 0.416 e. The average Bonchev–Trinajstić information content (AvgIpc) is 2.58. The molecule has 0 amide bonds. The molecule has 0 atom stereocenters. The highest BCUT2D eigenvalue weighted by Crippen LogP contribution is 2.33. The number of rotatable bonds is 5. The van der Waals surface area contributed by atoms with Crippen molar-refractivity contribution >= 4 is 11.8 Å². The third-order valence-electron chi connectivity index (χ3n) is 3.36. The van der Waals surface area contributed by atoms with Crippen molar-refractivity contribution < 1.29 is 45.8 Å². The van der Waals surface area contributed by atoms with Crippen LogP contribution in [0.4, 0.5) is 26.3 Å². The summed E-state index contributed by atoms with van der Waals surface area (Å²) in [5.74, 6) is -3.12. The lowest BCUT2D eigenvalue weighted by Crippen LogP contribution is -2.14. The molecule has 2 aromatic rings. The number of carbonyl (C=O) groups excluding carboxylic acids is 1. The number of ketones is 1. The van der Waals surface area contributed by atoms with Gasteiger partial charge in [0.1, 0.15) is 5.75 Å². The summed E-state index contributed by atoms with van der Waals surface area (Å²) >= 11 is 0. The van der Waals surface area contributed by atoms with Gasteiger partial charge in [0.2, 0.25) is 0 Å². The minimum absolute atomic E-state index is 0.352. The summed E-state index contributed by atoms with van der Waals surface area (Å²) in [6.07, 6.45) is -9.52. The molecule has 4 nitrogen and oxygen atoms in total. The van der Waals surface area contributed by atoms with Gasteiger partial charge >= 0.3 is 18.3 Å². The van der Waals surface area contributed by atoms with Gasteiger partial charge in [0.15, 0.2) is 12.4 Å². The molecule has 10 heteroatoms. The maximum Gasteiger partial charge on any atom is 0.416 e. The monoisotopic (exact) mass is 392 g/mol. The molecular weight excluding hydrogens is 382 g/mol. The number of carboxylic acids is 1. The predicted octanol–water partition coefficient (Wildman–Crippen LogP) is 4.68. The zero-order valence-electron chi connectivity index (χ0n) is 13.2. The molecule has 0 heterocycles. The first kappa shape index (κ1) is 20.3. The van der Waals surface area contributed by atoms with Crippen molar-refractivity contribution in [2.24, 2.45) is 0 Å². The highest BCUT2D eigenvalue weighted by Gasteiger charge is 2.32.